The van der Waals surface area contributed by atoms with Crippen LogP contribution in [0.25, 0.3) is 17.0 Å². The summed E-state index contributed by atoms with van der Waals surface area (Å²) >= 11 is 4.53. The fourth-order valence-electron chi connectivity index (χ4n) is 3.73. The Balaban J connectivity index is 1.56. The maximum absolute atomic E-state index is 13.0. The monoisotopic (exact) mass is 488 g/mol. The van der Waals surface area contributed by atoms with Crippen LogP contribution in [0.2, 0.25) is 0 Å². The zero-order chi connectivity index (χ0) is 21.4. The minimum Gasteiger partial charge on any atom is -0.342 e. The summed E-state index contributed by atoms with van der Waals surface area (Å²) in [7, 11) is 0. The number of hydrogen-bond acceptors (Lipinski definition) is 3. The van der Waals surface area contributed by atoms with Crippen molar-refractivity contribution >= 4 is 61.5 Å². The van der Waals surface area contributed by atoms with Gasteiger partial charge < -0.3 is 4.57 Å². The molecule has 0 aliphatic carbocycles. The number of aromatic nitrogens is 1. The second-order valence-electron chi connectivity index (χ2n) is 7.21. The Morgan fingerprint density at radius 3 is 2.35 bits per heavy atom. The molecule has 31 heavy (non-hydrogen) atoms. The number of imide groups is 1. The third-order valence-electron chi connectivity index (χ3n) is 5.16. The van der Waals surface area contributed by atoms with Crippen molar-refractivity contribution in [3.05, 3.63) is 106 Å². The highest BCUT2D eigenvalue weighted by molar-refractivity contribution is 9.10. The largest absolute Gasteiger partial charge is 0.342 e. The first kappa shape index (κ1) is 19.8. The van der Waals surface area contributed by atoms with Crippen molar-refractivity contribution in [3.63, 3.8) is 0 Å². The van der Waals surface area contributed by atoms with Crippen LogP contribution in [0.1, 0.15) is 11.1 Å². The molecular formula is C25H17BrN2O2S. The van der Waals surface area contributed by atoms with Crippen molar-refractivity contribution in [2.75, 3.05) is 4.90 Å². The van der Waals surface area contributed by atoms with Gasteiger partial charge in [0.25, 0.3) is 11.1 Å². The molecule has 3 aromatic carbocycles. The lowest BCUT2D eigenvalue weighted by Crippen LogP contribution is -2.27. The molecule has 4 aromatic rings. The van der Waals surface area contributed by atoms with Gasteiger partial charge in [0, 0.05) is 33.7 Å². The highest BCUT2D eigenvalue weighted by Gasteiger charge is 2.36. The molecule has 0 saturated carbocycles. The highest BCUT2D eigenvalue weighted by Crippen LogP contribution is 2.37. The maximum atomic E-state index is 13.0. The predicted molar refractivity (Wildman–Crippen MR) is 130 cm³/mol. The van der Waals surface area contributed by atoms with E-state index in [0.717, 1.165) is 39.2 Å². The van der Waals surface area contributed by atoms with Gasteiger partial charge in [0.2, 0.25) is 0 Å². The summed E-state index contributed by atoms with van der Waals surface area (Å²) in [4.78, 5) is 27.2. The summed E-state index contributed by atoms with van der Waals surface area (Å²) in [6.45, 7) is 0.721. The fourth-order valence-corrected chi connectivity index (χ4v) is 4.92. The number of thioether (sulfide) groups is 1. The van der Waals surface area contributed by atoms with Crippen molar-refractivity contribution in [2.45, 2.75) is 6.54 Å². The van der Waals surface area contributed by atoms with Gasteiger partial charge in [-0.25, -0.2) is 4.90 Å². The number of amides is 2. The summed E-state index contributed by atoms with van der Waals surface area (Å²) in [6, 6.07) is 25.4. The number of carbonyl (C=O) groups is 2. The normalized spacial score (nSPS) is 15.4. The van der Waals surface area contributed by atoms with Crippen LogP contribution < -0.4 is 4.90 Å². The first-order valence-electron chi connectivity index (χ1n) is 9.75. The third-order valence-corrected chi connectivity index (χ3v) is 6.53. The topological polar surface area (TPSA) is 42.3 Å². The van der Waals surface area contributed by atoms with Gasteiger partial charge in [-0.1, -0.05) is 64.5 Å². The fraction of sp³-hybridized carbons (Fsp3) is 0.0400. The molecule has 0 unspecified atom stereocenters. The van der Waals surface area contributed by atoms with E-state index in [1.165, 1.54) is 10.5 Å². The zero-order valence-electron chi connectivity index (χ0n) is 16.4. The average molecular weight is 489 g/mol. The van der Waals surface area contributed by atoms with Crippen LogP contribution in [0.5, 0.6) is 0 Å². The first-order valence-corrected chi connectivity index (χ1v) is 11.4. The van der Waals surface area contributed by atoms with Crippen LogP contribution in [0.15, 0.2) is 94.4 Å². The van der Waals surface area contributed by atoms with E-state index in [9.17, 15) is 9.59 Å². The lowest BCUT2D eigenvalue weighted by Gasteiger charge is -2.11. The molecule has 4 nitrogen and oxygen atoms in total. The second-order valence-corrected chi connectivity index (χ2v) is 9.12. The molecule has 0 bridgehead atoms. The van der Waals surface area contributed by atoms with E-state index in [-0.39, 0.29) is 11.1 Å². The third kappa shape index (κ3) is 3.84. The number of fused-ring (bicyclic) bond motifs is 1. The van der Waals surface area contributed by atoms with Crippen LogP contribution in [0.4, 0.5) is 10.5 Å². The second kappa shape index (κ2) is 8.21. The van der Waals surface area contributed by atoms with Gasteiger partial charge >= 0.3 is 0 Å². The quantitative estimate of drug-likeness (QED) is 0.300. The summed E-state index contributed by atoms with van der Waals surface area (Å²) < 4.78 is 3.13. The van der Waals surface area contributed by atoms with Crippen molar-refractivity contribution in [1.29, 1.82) is 0 Å². The summed E-state index contributed by atoms with van der Waals surface area (Å²) in [6.07, 6.45) is 3.87. The van der Waals surface area contributed by atoms with Crippen molar-refractivity contribution in [1.82, 2.24) is 4.57 Å². The zero-order valence-corrected chi connectivity index (χ0v) is 18.8. The average Bonchev–Trinajstić information content (AvgIpc) is 3.25. The Bertz CT molecular complexity index is 1330. The number of carbonyl (C=O) groups excluding carboxylic acids is 2. The van der Waals surface area contributed by atoms with Crippen molar-refractivity contribution in [3.8, 4) is 0 Å². The number of halogens is 1. The van der Waals surface area contributed by atoms with Gasteiger partial charge in [0.15, 0.2) is 0 Å². The standard InChI is InChI=1S/C25H17BrN2O2S/c26-19-11-12-22-21(14-19)18(16-27(22)15-17-7-3-1-4-8-17)13-23-24(29)28(25(30)31-23)20-9-5-2-6-10-20/h1-14,16H,15H2/b23-13-. The van der Waals surface area contributed by atoms with Gasteiger partial charge in [-0.05, 0) is 53.7 Å². The minimum absolute atomic E-state index is 0.281. The van der Waals surface area contributed by atoms with E-state index >= 15 is 0 Å². The molecule has 0 spiro atoms. The van der Waals surface area contributed by atoms with Crippen LogP contribution in [0, 0.1) is 0 Å². The van der Waals surface area contributed by atoms with Gasteiger partial charge in [-0.15, -0.1) is 0 Å². The Kier molecular flexibility index (Phi) is 5.26. The van der Waals surface area contributed by atoms with E-state index in [0.29, 0.717) is 10.6 Å². The molecule has 0 N–H and O–H groups in total. The molecule has 152 valence electrons. The number of hydrogen-bond donors (Lipinski definition) is 0. The predicted octanol–water partition coefficient (Wildman–Crippen LogP) is 6.69. The van der Waals surface area contributed by atoms with Crippen LogP contribution in [0.3, 0.4) is 0 Å². The molecule has 5 rings (SSSR count). The van der Waals surface area contributed by atoms with Crippen LogP contribution >= 0.6 is 27.7 Å². The molecule has 1 aliphatic heterocycles. The van der Waals surface area contributed by atoms with E-state index in [1.54, 1.807) is 12.1 Å². The van der Waals surface area contributed by atoms with Gasteiger partial charge in [0.1, 0.15) is 0 Å². The summed E-state index contributed by atoms with van der Waals surface area (Å²) in [5.74, 6) is -0.292. The van der Waals surface area contributed by atoms with Crippen LogP contribution in [-0.4, -0.2) is 15.7 Å². The highest BCUT2D eigenvalue weighted by atomic mass is 79.9. The molecule has 1 fully saturated rings. The molecule has 6 heteroatoms. The van der Waals surface area contributed by atoms with E-state index in [2.05, 4.69) is 38.7 Å². The van der Waals surface area contributed by atoms with Gasteiger partial charge in [0.05, 0.1) is 10.6 Å². The molecule has 0 atom stereocenters. The smallest absolute Gasteiger partial charge is 0.298 e. The lowest BCUT2D eigenvalue weighted by molar-refractivity contribution is -0.113. The van der Waals surface area contributed by atoms with E-state index in [4.69, 9.17) is 0 Å². The Morgan fingerprint density at radius 1 is 0.903 bits per heavy atom. The SMILES string of the molecule is O=C1S/C(=C\c2cn(Cc3ccccc3)c3ccc(Br)cc23)C(=O)N1c1ccccc1. The Labute approximate surface area is 192 Å². The van der Waals surface area contributed by atoms with Crippen molar-refractivity contribution in [2.24, 2.45) is 0 Å². The molecule has 1 saturated heterocycles. The lowest BCUT2D eigenvalue weighted by atomic mass is 10.1. The number of nitrogens with zero attached hydrogens (tertiary/aromatic N) is 2. The molecule has 2 amide bonds. The summed E-state index contributed by atoms with van der Waals surface area (Å²) in [5, 5.41) is 0.744. The number of para-hydroxylation sites is 1. The first-order chi connectivity index (χ1) is 15.1. The van der Waals surface area contributed by atoms with Gasteiger partial charge in [-0.2, -0.15) is 0 Å². The molecule has 0 radical (unpaired) electrons. The molecular weight excluding hydrogens is 472 g/mol. The van der Waals surface area contributed by atoms with Crippen molar-refractivity contribution < 1.29 is 9.59 Å². The minimum atomic E-state index is -0.292. The number of anilines is 1. The molecule has 1 aliphatic rings. The Morgan fingerprint density at radius 2 is 1.61 bits per heavy atom. The van der Waals surface area contributed by atoms with Crippen LogP contribution in [-0.2, 0) is 11.3 Å². The summed E-state index contributed by atoms with van der Waals surface area (Å²) in [5.41, 5.74) is 3.76. The van der Waals surface area contributed by atoms with E-state index < -0.39 is 0 Å². The molecule has 1 aromatic heterocycles. The Hall–Kier alpha value is -3.09. The molecule has 2 heterocycles. The number of benzene rings is 3. The van der Waals surface area contributed by atoms with E-state index in [1.807, 2.05) is 60.8 Å². The number of rotatable bonds is 4. The van der Waals surface area contributed by atoms with Gasteiger partial charge in [-0.3, -0.25) is 9.59 Å². The maximum Gasteiger partial charge on any atom is 0.298 e.